The van der Waals surface area contributed by atoms with E-state index in [9.17, 15) is 4.79 Å². The summed E-state index contributed by atoms with van der Waals surface area (Å²) >= 11 is 0. The van der Waals surface area contributed by atoms with Gasteiger partial charge in [-0.1, -0.05) is 0 Å². The lowest BCUT2D eigenvalue weighted by Crippen LogP contribution is -2.30. The number of aliphatic hydroxyl groups is 1. The molecule has 18 heavy (non-hydrogen) atoms. The van der Waals surface area contributed by atoms with E-state index in [1.54, 1.807) is 32.2 Å². The Morgan fingerprint density at radius 3 is 3.06 bits per heavy atom. The topological polar surface area (TPSA) is 87.2 Å². The highest BCUT2D eigenvalue weighted by molar-refractivity contribution is 6.04. The Kier molecular flexibility index (Phi) is 3.47. The van der Waals surface area contributed by atoms with Crippen molar-refractivity contribution in [3.63, 3.8) is 0 Å². The molecule has 0 aliphatic heterocycles. The minimum atomic E-state index is -0.584. The van der Waals surface area contributed by atoms with Crippen LogP contribution in [0.1, 0.15) is 17.4 Å². The maximum Gasteiger partial charge on any atom is 0.272 e. The molecule has 0 bridgehead atoms. The second-order valence-electron chi connectivity index (χ2n) is 4.04. The van der Waals surface area contributed by atoms with Crippen molar-refractivity contribution >= 4 is 16.8 Å². The van der Waals surface area contributed by atoms with E-state index >= 15 is 0 Å². The molecule has 96 valence electrons. The van der Waals surface area contributed by atoms with Gasteiger partial charge in [-0.05, 0) is 19.1 Å². The van der Waals surface area contributed by atoms with Crippen molar-refractivity contribution in [2.45, 2.75) is 13.0 Å². The van der Waals surface area contributed by atoms with E-state index in [0.29, 0.717) is 11.4 Å². The average Bonchev–Trinajstić information content (AvgIpc) is 2.78. The van der Waals surface area contributed by atoms with Gasteiger partial charge >= 0.3 is 0 Å². The first-order chi connectivity index (χ1) is 8.61. The minimum absolute atomic E-state index is 0.198. The van der Waals surface area contributed by atoms with Gasteiger partial charge in [0.25, 0.3) is 5.91 Å². The van der Waals surface area contributed by atoms with Crippen LogP contribution in [0.4, 0.5) is 0 Å². The number of hydrogen-bond donors (Lipinski definition) is 3. The van der Waals surface area contributed by atoms with Gasteiger partial charge < -0.3 is 15.2 Å². The summed E-state index contributed by atoms with van der Waals surface area (Å²) in [6.45, 7) is 1.80. The molecule has 1 amide bonds. The molecule has 3 N–H and O–H groups in total. The third-order valence-electron chi connectivity index (χ3n) is 2.54. The Hall–Kier alpha value is -2.08. The summed E-state index contributed by atoms with van der Waals surface area (Å²) in [5, 5.41) is 19.2. The van der Waals surface area contributed by atoms with E-state index in [1.165, 1.54) is 0 Å². The fourth-order valence-corrected chi connectivity index (χ4v) is 1.62. The molecule has 6 nitrogen and oxygen atoms in total. The molecule has 0 aliphatic carbocycles. The van der Waals surface area contributed by atoms with Crippen LogP contribution in [0.2, 0.25) is 0 Å². The van der Waals surface area contributed by atoms with Gasteiger partial charge in [-0.15, -0.1) is 0 Å². The summed E-state index contributed by atoms with van der Waals surface area (Å²) in [7, 11) is 1.58. The molecular formula is C12H15N3O3. The molecular weight excluding hydrogens is 234 g/mol. The number of nitrogens with one attached hydrogen (secondary N) is 2. The second kappa shape index (κ2) is 5.05. The molecule has 0 radical (unpaired) electrons. The predicted octanol–water partition coefficient (Wildman–Crippen LogP) is 0.682. The lowest BCUT2D eigenvalue weighted by atomic mass is 10.2. The molecule has 0 saturated heterocycles. The Balaban J connectivity index is 2.26. The Morgan fingerprint density at radius 1 is 1.61 bits per heavy atom. The molecule has 0 fully saturated rings. The number of hydrogen-bond acceptors (Lipinski definition) is 4. The highest BCUT2D eigenvalue weighted by atomic mass is 16.5. The fraction of sp³-hybridized carbons (Fsp3) is 0.333. The summed E-state index contributed by atoms with van der Waals surface area (Å²) in [6.07, 6.45) is -0.584. The maximum atomic E-state index is 11.8. The molecule has 1 atom stereocenters. The summed E-state index contributed by atoms with van der Waals surface area (Å²) in [4.78, 5) is 11.8. The molecule has 1 heterocycles. The SMILES string of the molecule is COc1ccc2c(C(=O)NCC(C)O)n[nH]c2c1. The summed E-state index contributed by atoms with van der Waals surface area (Å²) in [6, 6.07) is 5.31. The van der Waals surface area contributed by atoms with Gasteiger partial charge in [0.2, 0.25) is 0 Å². The van der Waals surface area contributed by atoms with Crippen LogP contribution in [0.15, 0.2) is 18.2 Å². The monoisotopic (exact) mass is 249 g/mol. The molecule has 2 aromatic rings. The van der Waals surface area contributed by atoms with Crippen molar-refractivity contribution in [1.82, 2.24) is 15.5 Å². The van der Waals surface area contributed by atoms with E-state index in [1.807, 2.05) is 0 Å². The quantitative estimate of drug-likeness (QED) is 0.743. The summed E-state index contributed by atoms with van der Waals surface area (Å²) in [5.41, 5.74) is 1.05. The zero-order chi connectivity index (χ0) is 13.1. The number of carbonyl (C=O) groups is 1. The van der Waals surface area contributed by atoms with Gasteiger partial charge in [-0.25, -0.2) is 0 Å². The molecule has 6 heteroatoms. The first-order valence-corrected chi connectivity index (χ1v) is 5.60. The lowest BCUT2D eigenvalue weighted by Gasteiger charge is -2.05. The first kappa shape index (κ1) is 12.4. The zero-order valence-corrected chi connectivity index (χ0v) is 10.2. The number of methoxy groups -OCH3 is 1. The Morgan fingerprint density at radius 2 is 2.39 bits per heavy atom. The van der Waals surface area contributed by atoms with Crippen LogP contribution in [0.25, 0.3) is 10.9 Å². The normalized spacial score (nSPS) is 12.4. The minimum Gasteiger partial charge on any atom is -0.497 e. The van der Waals surface area contributed by atoms with E-state index in [4.69, 9.17) is 9.84 Å². The van der Waals surface area contributed by atoms with Gasteiger partial charge in [-0.2, -0.15) is 5.10 Å². The Bertz CT molecular complexity index is 563. The van der Waals surface area contributed by atoms with Crippen molar-refractivity contribution in [2.75, 3.05) is 13.7 Å². The Labute approximate surface area is 104 Å². The van der Waals surface area contributed by atoms with Crippen molar-refractivity contribution in [3.8, 4) is 5.75 Å². The number of rotatable bonds is 4. The number of aliphatic hydroxyl groups excluding tert-OH is 1. The van der Waals surface area contributed by atoms with Crippen LogP contribution in [0, 0.1) is 0 Å². The van der Waals surface area contributed by atoms with Gasteiger partial charge in [0, 0.05) is 18.0 Å². The number of aromatic amines is 1. The number of amides is 1. The van der Waals surface area contributed by atoms with Crippen molar-refractivity contribution < 1.29 is 14.6 Å². The third kappa shape index (κ3) is 2.43. The number of nitrogens with zero attached hydrogens (tertiary/aromatic N) is 1. The van der Waals surface area contributed by atoms with Crippen molar-refractivity contribution in [2.24, 2.45) is 0 Å². The molecule has 0 aliphatic rings. The molecule has 2 rings (SSSR count). The predicted molar refractivity (Wildman–Crippen MR) is 66.7 cm³/mol. The van der Waals surface area contributed by atoms with Crippen molar-refractivity contribution in [1.29, 1.82) is 0 Å². The van der Waals surface area contributed by atoms with Crippen LogP contribution in [-0.2, 0) is 0 Å². The van der Waals surface area contributed by atoms with Crippen LogP contribution in [0.3, 0.4) is 0 Å². The van der Waals surface area contributed by atoms with Crippen LogP contribution in [0.5, 0.6) is 5.75 Å². The zero-order valence-electron chi connectivity index (χ0n) is 10.2. The molecule has 0 spiro atoms. The molecule has 1 aromatic carbocycles. The molecule has 1 unspecified atom stereocenters. The fourth-order valence-electron chi connectivity index (χ4n) is 1.62. The van der Waals surface area contributed by atoms with Crippen LogP contribution >= 0.6 is 0 Å². The van der Waals surface area contributed by atoms with Gasteiger partial charge in [0.15, 0.2) is 5.69 Å². The van der Waals surface area contributed by atoms with E-state index in [-0.39, 0.29) is 12.5 Å². The largest absolute Gasteiger partial charge is 0.497 e. The second-order valence-corrected chi connectivity index (χ2v) is 4.04. The molecule has 1 aromatic heterocycles. The molecule has 0 saturated carbocycles. The van der Waals surface area contributed by atoms with Gasteiger partial charge in [-0.3, -0.25) is 9.89 Å². The first-order valence-electron chi connectivity index (χ1n) is 5.60. The van der Waals surface area contributed by atoms with Crippen LogP contribution in [-0.4, -0.2) is 41.0 Å². The maximum absolute atomic E-state index is 11.8. The van der Waals surface area contributed by atoms with E-state index in [2.05, 4.69) is 15.5 Å². The van der Waals surface area contributed by atoms with Crippen LogP contribution < -0.4 is 10.1 Å². The lowest BCUT2D eigenvalue weighted by molar-refractivity contribution is 0.0920. The van der Waals surface area contributed by atoms with Crippen molar-refractivity contribution in [3.05, 3.63) is 23.9 Å². The number of aromatic nitrogens is 2. The average molecular weight is 249 g/mol. The summed E-state index contributed by atoms with van der Waals surface area (Å²) in [5.74, 6) is 0.384. The number of ether oxygens (including phenoxy) is 1. The number of fused-ring (bicyclic) bond motifs is 1. The number of benzene rings is 1. The van der Waals surface area contributed by atoms with E-state index < -0.39 is 6.10 Å². The summed E-state index contributed by atoms with van der Waals surface area (Å²) < 4.78 is 5.09. The van der Waals surface area contributed by atoms with Gasteiger partial charge in [0.05, 0.1) is 18.7 Å². The van der Waals surface area contributed by atoms with Gasteiger partial charge in [0.1, 0.15) is 5.75 Å². The third-order valence-corrected chi connectivity index (χ3v) is 2.54. The highest BCUT2D eigenvalue weighted by Gasteiger charge is 2.14. The number of H-pyrrole nitrogens is 1. The highest BCUT2D eigenvalue weighted by Crippen LogP contribution is 2.21. The smallest absolute Gasteiger partial charge is 0.272 e. The standard InChI is InChI=1S/C12H15N3O3/c1-7(16)6-13-12(17)11-9-4-3-8(18-2)5-10(9)14-15-11/h3-5,7,16H,6H2,1-2H3,(H,13,17)(H,14,15). The van der Waals surface area contributed by atoms with E-state index in [0.717, 1.165) is 10.9 Å². The number of carbonyl (C=O) groups excluding carboxylic acids is 1.